The number of rotatable bonds is 5. The smallest absolute Gasteiger partial charge is 0.254 e. The molecule has 4 N–H and O–H groups in total. The first kappa shape index (κ1) is 18.7. The van der Waals surface area contributed by atoms with Crippen LogP contribution in [0.5, 0.6) is 5.75 Å². The van der Waals surface area contributed by atoms with Crippen LogP contribution in [-0.2, 0) is 0 Å². The minimum atomic E-state index is -0.283. The van der Waals surface area contributed by atoms with E-state index in [0.29, 0.717) is 48.0 Å². The number of nitrogens with one attached hydrogen (secondary N) is 2. The highest BCUT2D eigenvalue weighted by Gasteiger charge is 2.25. The molecule has 0 radical (unpaired) electrons. The number of nitrogens with two attached hydrogens (primary N) is 1. The number of hydrogen-bond acceptors (Lipinski definition) is 5. The molecule has 0 spiro atoms. The lowest BCUT2D eigenvalue weighted by atomic mass is 9.98. The SMILES string of the molecule is CC(=N)c1c(N)cccc1OCC1CCCN(C(=O)c2cc[nH]c(=O)c2)C1. The Morgan fingerprint density at radius 2 is 2.22 bits per heavy atom. The molecule has 0 saturated carbocycles. The topological polar surface area (TPSA) is 112 Å². The molecular formula is C20H24N4O3. The summed E-state index contributed by atoms with van der Waals surface area (Å²) in [5, 5.41) is 7.90. The van der Waals surface area contributed by atoms with Gasteiger partial charge in [0.1, 0.15) is 5.75 Å². The molecule has 7 heteroatoms. The number of benzene rings is 1. The van der Waals surface area contributed by atoms with Crippen molar-refractivity contribution in [2.24, 2.45) is 5.92 Å². The number of carbonyl (C=O) groups is 1. The first-order valence-corrected chi connectivity index (χ1v) is 9.00. The Hall–Kier alpha value is -3.09. The van der Waals surface area contributed by atoms with Crippen molar-refractivity contribution in [2.45, 2.75) is 19.8 Å². The lowest BCUT2D eigenvalue weighted by Crippen LogP contribution is -2.41. The third-order valence-corrected chi connectivity index (χ3v) is 4.74. The van der Waals surface area contributed by atoms with E-state index >= 15 is 0 Å². The number of anilines is 1. The molecule has 1 aliphatic rings. The molecule has 1 aromatic heterocycles. The van der Waals surface area contributed by atoms with E-state index in [1.165, 1.54) is 12.3 Å². The Kier molecular flexibility index (Phi) is 5.59. The van der Waals surface area contributed by atoms with Gasteiger partial charge in [-0.05, 0) is 38.0 Å². The molecule has 2 aromatic rings. The van der Waals surface area contributed by atoms with Gasteiger partial charge in [0.15, 0.2) is 0 Å². The van der Waals surface area contributed by atoms with Gasteiger partial charge in [0.2, 0.25) is 5.56 Å². The Bertz CT molecular complexity index is 906. The van der Waals surface area contributed by atoms with Crippen molar-refractivity contribution in [1.29, 1.82) is 5.41 Å². The van der Waals surface area contributed by atoms with Crippen LogP contribution in [-0.4, -0.2) is 41.2 Å². The summed E-state index contributed by atoms with van der Waals surface area (Å²) in [5.74, 6) is 0.649. The van der Waals surface area contributed by atoms with Gasteiger partial charge in [0.05, 0.1) is 12.2 Å². The van der Waals surface area contributed by atoms with Crippen molar-refractivity contribution in [3.63, 3.8) is 0 Å². The number of H-pyrrole nitrogens is 1. The van der Waals surface area contributed by atoms with E-state index in [0.717, 1.165) is 12.8 Å². The zero-order chi connectivity index (χ0) is 19.4. The van der Waals surface area contributed by atoms with Crippen LogP contribution in [0.1, 0.15) is 35.7 Å². The first-order valence-electron chi connectivity index (χ1n) is 9.00. The largest absolute Gasteiger partial charge is 0.492 e. The summed E-state index contributed by atoms with van der Waals surface area (Å²) < 4.78 is 5.96. The average molecular weight is 368 g/mol. The summed E-state index contributed by atoms with van der Waals surface area (Å²) in [7, 11) is 0. The molecule has 2 heterocycles. The van der Waals surface area contributed by atoms with Crippen molar-refractivity contribution in [2.75, 3.05) is 25.4 Å². The third-order valence-electron chi connectivity index (χ3n) is 4.74. The van der Waals surface area contributed by atoms with Crippen molar-refractivity contribution < 1.29 is 9.53 Å². The fourth-order valence-corrected chi connectivity index (χ4v) is 3.42. The minimum absolute atomic E-state index is 0.134. The number of ether oxygens (including phenoxy) is 1. The summed E-state index contributed by atoms with van der Waals surface area (Å²) >= 11 is 0. The number of pyridine rings is 1. The van der Waals surface area contributed by atoms with E-state index in [2.05, 4.69) is 4.98 Å². The van der Waals surface area contributed by atoms with Crippen LogP contribution in [0.3, 0.4) is 0 Å². The normalized spacial score (nSPS) is 16.8. The quantitative estimate of drug-likeness (QED) is 0.555. The number of aromatic amines is 1. The first-order chi connectivity index (χ1) is 13.0. The molecule has 1 saturated heterocycles. The van der Waals surface area contributed by atoms with Crippen LogP contribution in [0.15, 0.2) is 41.3 Å². The van der Waals surface area contributed by atoms with E-state index in [9.17, 15) is 9.59 Å². The van der Waals surface area contributed by atoms with Gasteiger partial charge in [-0.25, -0.2) is 0 Å². The van der Waals surface area contributed by atoms with Gasteiger partial charge in [-0.2, -0.15) is 0 Å². The molecule has 3 rings (SSSR count). The molecule has 1 unspecified atom stereocenters. The fraction of sp³-hybridized carbons (Fsp3) is 0.350. The van der Waals surface area contributed by atoms with Crippen LogP contribution >= 0.6 is 0 Å². The van der Waals surface area contributed by atoms with Gasteiger partial charge in [-0.15, -0.1) is 0 Å². The molecule has 0 aliphatic carbocycles. The number of likely N-dealkylation sites (tertiary alicyclic amines) is 1. The summed E-state index contributed by atoms with van der Waals surface area (Å²) in [6.45, 7) is 3.38. The van der Waals surface area contributed by atoms with Crippen molar-refractivity contribution in [3.8, 4) is 5.75 Å². The standard InChI is InChI=1S/C20H24N4O3/c1-13(21)19-16(22)5-2-6-17(19)27-12-14-4-3-9-24(11-14)20(26)15-7-8-23-18(25)10-15/h2,5-8,10,14,21H,3-4,9,11-12,22H2,1H3,(H,23,25). The highest BCUT2D eigenvalue weighted by atomic mass is 16.5. The van der Waals surface area contributed by atoms with E-state index in [1.54, 1.807) is 30.0 Å². The van der Waals surface area contributed by atoms with Gasteiger partial charge in [-0.3, -0.25) is 9.59 Å². The Balaban J connectivity index is 1.66. The number of hydrogen-bond donors (Lipinski definition) is 3. The number of aromatic nitrogens is 1. The maximum Gasteiger partial charge on any atom is 0.254 e. The van der Waals surface area contributed by atoms with Crippen LogP contribution in [0.4, 0.5) is 5.69 Å². The van der Waals surface area contributed by atoms with E-state index in [1.807, 2.05) is 6.07 Å². The van der Waals surface area contributed by atoms with Crippen LogP contribution < -0.4 is 16.0 Å². The van der Waals surface area contributed by atoms with Gasteiger partial charge in [0, 0.05) is 48.2 Å². The molecule has 0 bridgehead atoms. The molecule has 7 nitrogen and oxygen atoms in total. The van der Waals surface area contributed by atoms with Crippen LogP contribution in [0, 0.1) is 11.3 Å². The molecular weight excluding hydrogens is 344 g/mol. The molecule has 1 aromatic carbocycles. The van der Waals surface area contributed by atoms with Gasteiger partial charge in [-0.1, -0.05) is 6.07 Å². The Labute approximate surface area is 157 Å². The number of nitrogen functional groups attached to an aromatic ring is 1. The van der Waals surface area contributed by atoms with Gasteiger partial charge < -0.3 is 25.8 Å². The third kappa shape index (κ3) is 4.36. The number of carbonyl (C=O) groups excluding carboxylic acids is 1. The number of piperidine rings is 1. The average Bonchev–Trinajstić information content (AvgIpc) is 2.65. The predicted octanol–water partition coefficient (Wildman–Crippen LogP) is 2.28. The van der Waals surface area contributed by atoms with E-state index in [-0.39, 0.29) is 17.4 Å². The van der Waals surface area contributed by atoms with Crippen molar-refractivity contribution in [3.05, 3.63) is 58.0 Å². The highest BCUT2D eigenvalue weighted by molar-refractivity contribution is 6.03. The summed E-state index contributed by atoms with van der Waals surface area (Å²) in [6, 6.07) is 8.32. The molecule has 1 aliphatic heterocycles. The molecule has 27 heavy (non-hydrogen) atoms. The zero-order valence-electron chi connectivity index (χ0n) is 15.3. The van der Waals surface area contributed by atoms with Crippen LogP contribution in [0.2, 0.25) is 0 Å². The lowest BCUT2D eigenvalue weighted by molar-refractivity contribution is 0.0633. The fourth-order valence-electron chi connectivity index (χ4n) is 3.42. The molecule has 1 atom stereocenters. The van der Waals surface area contributed by atoms with Gasteiger partial charge >= 0.3 is 0 Å². The van der Waals surface area contributed by atoms with E-state index < -0.39 is 0 Å². The number of nitrogens with zero attached hydrogens (tertiary/aromatic N) is 1. The summed E-state index contributed by atoms with van der Waals surface area (Å²) in [4.78, 5) is 28.4. The van der Waals surface area contributed by atoms with Crippen molar-refractivity contribution in [1.82, 2.24) is 9.88 Å². The number of amides is 1. The van der Waals surface area contributed by atoms with Crippen molar-refractivity contribution >= 4 is 17.3 Å². The summed E-state index contributed by atoms with van der Waals surface area (Å²) in [5.41, 5.74) is 7.58. The predicted molar refractivity (Wildman–Crippen MR) is 105 cm³/mol. The van der Waals surface area contributed by atoms with Crippen LogP contribution in [0.25, 0.3) is 0 Å². The minimum Gasteiger partial charge on any atom is -0.492 e. The zero-order valence-corrected chi connectivity index (χ0v) is 15.3. The Morgan fingerprint density at radius 3 is 2.96 bits per heavy atom. The second-order valence-corrected chi connectivity index (χ2v) is 6.86. The molecule has 1 amide bonds. The maximum atomic E-state index is 12.6. The monoisotopic (exact) mass is 368 g/mol. The highest BCUT2D eigenvalue weighted by Crippen LogP contribution is 2.26. The maximum absolute atomic E-state index is 12.6. The summed E-state index contributed by atoms with van der Waals surface area (Å²) in [6.07, 6.45) is 3.33. The van der Waals surface area contributed by atoms with Gasteiger partial charge in [0.25, 0.3) is 5.91 Å². The van der Waals surface area contributed by atoms with E-state index in [4.69, 9.17) is 15.9 Å². The molecule has 1 fully saturated rings. The second kappa shape index (κ2) is 8.07. The molecule has 142 valence electrons. The second-order valence-electron chi connectivity index (χ2n) is 6.86. The lowest BCUT2D eigenvalue weighted by Gasteiger charge is -2.32. The Morgan fingerprint density at radius 1 is 1.41 bits per heavy atom.